The number of allylic oxidation sites excluding steroid dienone is 1. The zero-order chi connectivity index (χ0) is 36.6. The van der Waals surface area contributed by atoms with E-state index in [1.54, 1.807) is 59.1 Å². The number of methoxy groups -OCH3 is 1. The highest BCUT2D eigenvalue weighted by Crippen LogP contribution is 2.42. The van der Waals surface area contributed by atoms with E-state index < -0.39 is 32.8 Å². The second-order valence-corrected chi connectivity index (χ2v) is 17.2. The number of anilines is 1. The molecule has 6 atom stereocenters. The fraction of sp³-hybridized carbons (Fsp3) is 0.538. The van der Waals surface area contributed by atoms with Crippen molar-refractivity contribution in [2.45, 2.75) is 96.6 Å². The Morgan fingerprint density at radius 2 is 1.90 bits per heavy atom. The second kappa shape index (κ2) is 17.2. The summed E-state index contributed by atoms with van der Waals surface area (Å²) >= 11 is 6.45. The predicted octanol–water partition coefficient (Wildman–Crippen LogP) is 8.94. The smallest absolute Gasteiger partial charge is 0.420 e. The minimum Gasteiger partial charge on any atom is -0.491 e. The van der Waals surface area contributed by atoms with Crippen LogP contribution in [0.1, 0.15) is 88.2 Å². The van der Waals surface area contributed by atoms with Gasteiger partial charge in [0.15, 0.2) is 0 Å². The van der Waals surface area contributed by atoms with Gasteiger partial charge in [0, 0.05) is 30.8 Å². The number of aryl methyl sites for hydroxylation is 1. The number of carbonyl (C=O) groups is 2. The number of hydrogen-bond donors (Lipinski definition) is 1. The number of halogens is 1. The molecule has 1 unspecified atom stereocenters. The molecule has 9 nitrogen and oxygen atoms in total. The van der Waals surface area contributed by atoms with Gasteiger partial charge in [-0.1, -0.05) is 36.7 Å². The van der Waals surface area contributed by atoms with Crippen molar-refractivity contribution in [3.8, 4) is 5.75 Å². The number of amides is 2. The molecule has 1 N–H and O–H groups in total. The van der Waals surface area contributed by atoms with Crippen molar-refractivity contribution in [3.63, 3.8) is 0 Å². The van der Waals surface area contributed by atoms with E-state index in [1.807, 2.05) is 25.1 Å². The first-order chi connectivity index (χ1) is 23.7. The van der Waals surface area contributed by atoms with Crippen molar-refractivity contribution < 1.29 is 28.0 Å². The van der Waals surface area contributed by atoms with E-state index in [0.29, 0.717) is 48.7 Å². The van der Waals surface area contributed by atoms with Gasteiger partial charge in [0.1, 0.15) is 21.3 Å². The number of nitrogens with zero attached hydrogens (tertiary/aromatic N) is 2. The summed E-state index contributed by atoms with van der Waals surface area (Å²) < 4.78 is 38.7. The van der Waals surface area contributed by atoms with Crippen LogP contribution < -0.4 is 14.4 Å². The fourth-order valence-electron chi connectivity index (χ4n) is 6.60. The van der Waals surface area contributed by atoms with Gasteiger partial charge in [-0.2, -0.15) is 0 Å². The zero-order valence-electron chi connectivity index (χ0n) is 30.4. The summed E-state index contributed by atoms with van der Waals surface area (Å²) in [6.07, 6.45) is 7.90. The molecule has 1 aliphatic heterocycles. The third kappa shape index (κ3) is 10.1. The van der Waals surface area contributed by atoms with Gasteiger partial charge in [0.05, 0.1) is 23.6 Å². The number of fused-ring (bicyclic) bond motifs is 2. The van der Waals surface area contributed by atoms with E-state index in [9.17, 15) is 13.8 Å². The highest BCUT2D eigenvalue weighted by Gasteiger charge is 2.38. The molecule has 2 aliphatic rings. The molecule has 2 amide bonds. The highest BCUT2D eigenvalue weighted by atomic mass is 35.5. The van der Waals surface area contributed by atoms with Crippen LogP contribution in [0.2, 0.25) is 5.02 Å². The van der Waals surface area contributed by atoms with Gasteiger partial charge in [0.25, 0.3) is 5.91 Å². The van der Waals surface area contributed by atoms with Crippen molar-refractivity contribution in [1.82, 2.24) is 4.72 Å². The van der Waals surface area contributed by atoms with E-state index in [0.717, 1.165) is 43.4 Å². The van der Waals surface area contributed by atoms with Gasteiger partial charge in [-0.25, -0.2) is 13.7 Å². The molecule has 2 aromatic rings. The predicted molar refractivity (Wildman–Crippen MR) is 202 cm³/mol. The van der Waals surface area contributed by atoms with E-state index in [4.69, 9.17) is 25.8 Å². The van der Waals surface area contributed by atoms with Crippen LogP contribution in [0.25, 0.3) is 0 Å². The number of rotatable bonds is 11. The van der Waals surface area contributed by atoms with E-state index >= 15 is 0 Å². The molecule has 0 aromatic heterocycles. The van der Waals surface area contributed by atoms with Crippen molar-refractivity contribution >= 4 is 39.2 Å². The van der Waals surface area contributed by atoms with Gasteiger partial charge >= 0.3 is 6.09 Å². The van der Waals surface area contributed by atoms with Crippen LogP contribution >= 0.6 is 11.6 Å². The van der Waals surface area contributed by atoms with E-state index in [-0.39, 0.29) is 17.6 Å². The average Bonchev–Trinajstić information content (AvgIpc) is 3.07. The number of nitrogens with one attached hydrogen (secondary N) is 1. The maximum atomic E-state index is 14.5. The molecule has 274 valence electrons. The molecule has 50 heavy (non-hydrogen) atoms. The first-order valence-corrected chi connectivity index (χ1v) is 19.5. The molecule has 1 saturated carbocycles. The first-order valence-electron chi connectivity index (χ1n) is 17.5. The van der Waals surface area contributed by atoms with Crippen LogP contribution in [0.5, 0.6) is 5.75 Å². The lowest BCUT2D eigenvalue weighted by Crippen LogP contribution is -2.43. The van der Waals surface area contributed by atoms with Gasteiger partial charge in [0.2, 0.25) is 0 Å². The molecule has 0 saturated heterocycles. The Labute approximate surface area is 304 Å². The number of benzene rings is 2. The summed E-state index contributed by atoms with van der Waals surface area (Å²) in [7, 11) is -1.91. The van der Waals surface area contributed by atoms with Crippen LogP contribution in [-0.2, 0) is 32.4 Å². The molecular weight excluding hydrogens is 674 g/mol. The van der Waals surface area contributed by atoms with Crippen LogP contribution in [-0.4, -0.2) is 53.4 Å². The van der Waals surface area contributed by atoms with Gasteiger partial charge in [-0.05, 0) is 125 Å². The molecular formula is C39H54ClN3O6S. The average molecular weight is 728 g/mol. The van der Waals surface area contributed by atoms with Crippen LogP contribution in [0.3, 0.4) is 0 Å². The lowest BCUT2D eigenvalue weighted by Gasteiger charge is -2.43. The number of hydrogen-bond acceptors (Lipinski definition) is 7. The van der Waals surface area contributed by atoms with Gasteiger partial charge < -0.3 is 19.1 Å². The van der Waals surface area contributed by atoms with Crippen molar-refractivity contribution in [2.75, 3.05) is 25.2 Å². The summed E-state index contributed by atoms with van der Waals surface area (Å²) in [5.74, 6) is 0.383. The molecule has 4 rings (SSSR count). The van der Waals surface area contributed by atoms with Crippen molar-refractivity contribution in [2.24, 2.45) is 22.1 Å². The van der Waals surface area contributed by atoms with Crippen LogP contribution in [0.4, 0.5) is 10.5 Å². The minimum atomic E-state index is -3.63. The summed E-state index contributed by atoms with van der Waals surface area (Å²) in [6.45, 7) is 18.3. The SMILES string of the molecule is C=CC[C@H](C)[C@@H](C)S(=O)(=NC(=O)c1ccc2c(c1)N(C[C@@H]1CC[C@H]1[C@H](C=C)OC)Cc1ccc(Cl)cc1CCCCO2)NC(=O)OC(C)(C)C. The van der Waals surface area contributed by atoms with Crippen molar-refractivity contribution in [3.05, 3.63) is 83.4 Å². The summed E-state index contributed by atoms with van der Waals surface area (Å²) in [4.78, 5) is 29.2. The van der Waals surface area contributed by atoms with Crippen LogP contribution in [0.15, 0.2) is 66.1 Å². The molecule has 0 bridgehead atoms. The molecule has 1 fully saturated rings. The molecule has 2 aromatic carbocycles. The van der Waals surface area contributed by atoms with Gasteiger partial charge in [-0.3, -0.25) is 4.79 Å². The Bertz CT molecular complexity index is 1660. The van der Waals surface area contributed by atoms with E-state index in [1.165, 1.54) is 5.56 Å². The van der Waals surface area contributed by atoms with Crippen molar-refractivity contribution in [1.29, 1.82) is 0 Å². The number of carbonyl (C=O) groups excluding carboxylic acids is 2. The Morgan fingerprint density at radius 1 is 1.14 bits per heavy atom. The molecule has 1 aliphatic carbocycles. The Morgan fingerprint density at radius 3 is 2.54 bits per heavy atom. The normalized spacial score (nSPS) is 20.8. The first kappa shape index (κ1) is 39.4. The Hall–Kier alpha value is -3.34. The molecule has 1 heterocycles. The quantitative estimate of drug-likeness (QED) is 0.230. The largest absolute Gasteiger partial charge is 0.491 e. The Balaban J connectivity index is 1.80. The lowest BCUT2D eigenvalue weighted by molar-refractivity contribution is 0.0137. The Kier molecular flexibility index (Phi) is 13.6. The van der Waals surface area contributed by atoms with Gasteiger partial charge in [-0.15, -0.1) is 17.5 Å². The topological polar surface area (TPSA) is 107 Å². The van der Waals surface area contributed by atoms with Crippen LogP contribution in [0, 0.1) is 17.8 Å². The summed E-state index contributed by atoms with van der Waals surface area (Å²) in [6, 6.07) is 11.2. The fourth-order valence-corrected chi connectivity index (χ4v) is 8.57. The van der Waals surface area contributed by atoms with E-state index in [2.05, 4.69) is 33.2 Å². The molecule has 0 spiro atoms. The third-order valence-electron chi connectivity index (χ3n) is 9.72. The maximum Gasteiger partial charge on any atom is 0.420 e. The summed E-state index contributed by atoms with van der Waals surface area (Å²) in [5.41, 5.74) is 2.48. The monoisotopic (exact) mass is 727 g/mol. The zero-order valence-corrected chi connectivity index (χ0v) is 32.0. The molecule has 0 radical (unpaired) electrons. The molecule has 11 heteroatoms. The maximum absolute atomic E-state index is 14.5. The second-order valence-electron chi connectivity index (χ2n) is 14.5. The lowest BCUT2D eigenvalue weighted by atomic mass is 9.70. The number of ether oxygens (including phenoxy) is 3. The standard InChI is InChI=1S/C39H54ClN3O6S/c1-9-13-26(3)27(4)50(46,42-38(45)49-39(5,6)7)41-37(44)29-17-20-36-34(23-29)43(25-31-16-19-33(31)35(10-2)47-8)24-30-15-18-32(40)22-28(30)14-11-12-21-48-36/h9-10,15,17-18,20,22-23,26-27,31,33,35H,1-2,11-14,16,19,21,24-25H2,3-8H3,(H,41,42,44,45,46)/t26-,27+,31-,33+,35-,50?/m0/s1. The third-order valence-corrected chi connectivity index (χ3v) is 12.3. The highest BCUT2D eigenvalue weighted by molar-refractivity contribution is 7.93. The summed E-state index contributed by atoms with van der Waals surface area (Å²) in [5, 5.41) is 0.0131. The minimum absolute atomic E-state index is 0.0534.